The molecule has 1 aliphatic carbocycles. The van der Waals surface area contributed by atoms with Crippen LogP contribution in [0.25, 0.3) is 0 Å². The largest absolute Gasteiger partial charge is 0.379 e. The Hall–Kier alpha value is -1.34. The Morgan fingerprint density at radius 2 is 1.85 bits per heavy atom. The molecule has 26 heavy (non-hydrogen) atoms. The molecule has 0 aromatic rings. The molecule has 7 heteroatoms. The lowest BCUT2D eigenvalue weighted by molar-refractivity contribution is -0.121. The Balaban J connectivity index is 1.41. The predicted molar refractivity (Wildman–Crippen MR) is 103 cm³/mol. The minimum Gasteiger partial charge on any atom is -0.379 e. The monoisotopic (exact) mass is 368 g/mol. The standard InChI is InChI=1S/C19H36N4O3/c1-20-19(22-9-5-12-25-15-17-8-4-13-26-17)23-11-10-21-18(24)14-16-6-2-3-7-16/h16-17H,2-15H2,1H3,(H,21,24)(H2,20,22,23). The third-order valence-corrected chi connectivity index (χ3v) is 5.00. The van der Waals surface area contributed by atoms with Crippen LogP contribution in [0.1, 0.15) is 51.4 Å². The van der Waals surface area contributed by atoms with Gasteiger partial charge in [-0.1, -0.05) is 12.8 Å². The summed E-state index contributed by atoms with van der Waals surface area (Å²) in [5.41, 5.74) is 0. The lowest BCUT2D eigenvalue weighted by Crippen LogP contribution is -2.42. The number of nitrogens with one attached hydrogen (secondary N) is 3. The summed E-state index contributed by atoms with van der Waals surface area (Å²) >= 11 is 0. The highest BCUT2D eigenvalue weighted by Crippen LogP contribution is 2.27. The summed E-state index contributed by atoms with van der Waals surface area (Å²) in [6.07, 6.45) is 9.14. The summed E-state index contributed by atoms with van der Waals surface area (Å²) in [5, 5.41) is 9.46. The van der Waals surface area contributed by atoms with E-state index in [1.54, 1.807) is 7.05 Å². The summed E-state index contributed by atoms with van der Waals surface area (Å²) in [5.74, 6) is 1.53. The highest BCUT2D eigenvalue weighted by Gasteiger charge is 2.18. The first-order valence-corrected chi connectivity index (χ1v) is 10.2. The zero-order valence-electron chi connectivity index (χ0n) is 16.2. The van der Waals surface area contributed by atoms with Crippen molar-refractivity contribution >= 4 is 11.9 Å². The lowest BCUT2D eigenvalue weighted by Gasteiger charge is -2.14. The molecule has 0 radical (unpaired) electrons. The minimum atomic E-state index is 0.171. The molecule has 150 valence electrons. The van der Waals surface area contributed by atoms with Crippen molar-refractivity contribution in [1.29, 1.82) is 0 Å². The number of carbonyl (C=O) groups excluding carboxylic acids is 1. The number of carbonyl (C=O) groups is 1. The van der Waals surface area contributed by atoms with Crippen molar-refractivity contribution in [3.05, 3.63) is 0 Å². The fourth-order valence-electron chi connectivity index (χ4n) is 3.52. The van der Waals surface area contributed by atoms with Gasteiger partial charge in [0.15, 0.2) is 5.96 Å². The smallest absolute Gasteiger partial charge is 0.220 e. The van der Waals surface area contributed by atoms with E-state index in [1.165, 1.54) is 25.7 Å². The molecule has 1 atom stereocenters. The molecule has 1 saturated heterocycles. The maximum atomic E-state index is 11.9. The number of nitrogens with zero attached hydrogens (tertiary/aromatic N) is 1. The fraction of sp³-hybridized carbons (Fsp3) is 0.895. The normalized spacial score (nSPS) is 21.1. The Kier molecular flexibility index (Phi) is 10.4. The van der Waals surface area contributed by atoms with Crippen molar-refractivity contribution in [1.82, 2.24) is 16.0 Å². The molecular weight excluding hydrogens is 332 g/mol. The summed E-state index contributed by atoms with van der Waals surface area (Å²) < 4.78 is 11.2. The summed E-state index contributed by atoms with van der Waals surface area (Å²) in [7, 11) is 1.75. The molecule has 2 aliphatic rings. The number of aliphatic imine (C=N–C) groups is 1. The number of guanidine groups is 1. The molecule has 1 heterocycles. The van der Waals surface area contributed by atoms with Gasteiger partial charge in [-0.2, -0.15) is 0 Å². The van der Waals surface area contributed by atoms with Crippen LogP contribution in [0.15, 0.2) is 4.99 Å². The number of ether oxygens (including phenoxy) is 2. The first kappa shape index (κ1) is 21.0. The van der Waals surface area contributed by atoms with E-state index in [9.17, 15) is 4.79 Å². The summed E-state index contributed by atoms with van der Waals surface area (Å²) in [6, 6.07) is 0. The minimum absolute atomic E-state index is 0.171. The molecule has 0 aromatic carbocycles. The van der Waals surface area contributed by atoms with Crippen molar-refractivity contribution in [3.8, 4) is 0 Å². The van der Waals surface area contributed by atoms with Gasteiger partial charge in [0.25, 0.3) is 0 Å². The molecule has 2 fully saturated rings. The molecule has 0 aromatic heterocycles. The average Bonchev–Trinajstić information content (AvgIpc) is 3.33. The van der Waals surface area contributed by atoms with E-state index in [-0.39, 0.29) is 5.91 Å². The molecule has 7 nitrogen and oxygen atoms in total. The van der Waals surface area contributed by atoms with Gasteiger partial charge in [-0.15, -0.1) is 0 Å². The third-order valence-electron chi connectivity index (χ3n) is 5.00. The summed E-state index contributed by atoms with van der Waals surface area (Å²) in [6.45, 7) is 4.40. The zero-order valence-corrected chi connectivity index (χ0v) is 16.2. The van der Waals surface area contributed by atoms with Gasteiger partial charge in [-0.3, -0.25) is 9.79 Å². The molecule has 1 aliphatic heterocycles. The SMILES string of the molecule is CN=C(NCCCOCC1CCCO1)NCCNC(=O)CC1CCCC1. The van der Waals surface area contributed by atoms with Crippen LogP contribution in [-0.2, 0) is 14.3 Å². The van der Waals surface area contributed by atoms with Crippen molar-refractivity contribution in [2.75, 3.05) is 46.5 Å². The number of amides is 1. The zero-order chi connectivity index (χ0) is 18.5. The van der Waals surface area contributed by atoms with Crippen LogP contribution in [0.5, 0.6) is 0 Å². The maximum Gasteiger partial charge on any atom is 0.220 e. The van der Waals surface area contributed by atoms with E-state index in [2.05, 4.69) is 20.9 Å². The Morgan fingerprint density at radius 1 is 1.08 bits per heavy atom. The van der Waals surface area contributed by atoms with E-state index >= 15 is 0 Å². The van der Waals surface area contributed by atoms with Crippen LogP contribution >= 0.6 is 0 Å². The van der Waals surface area contributed by atoms with Crippen LogP contribution in [-0.4, -0.2) is 64.5 Å². The van der Waals surface area contributed by atoms with Gasteiger partial charge in [-0.05, 0) is 38.0 Å². The predicted octanol–water partition coefficient (Wildman–Crippen LogP) is 1.43. The highest BCUT2D eigenvalue weighted by molar-refractivity contribution is 5.79. The number of hydrogen-bond acceptors (Lipinski definition) is 4. The second-order valence-electron chi connectivity index (χ2n) is 7.19. The van der Waals surface area contributed by atoms with Crippen molar-refractivity contribution in [3.63, 3.8) is 0 Å². The highest BCUT2D eigenvalue weighted by atomic mass is 16.5. The topological polar surface area (TPSA) is 84.0 Å². The second-order valence-corrected chi connectivity index (χ2v) is 7.19. The van der Waals surface area contributed by atoms with Crippen LogP contribution in [0.4, 0.5) is 0 Å². The van der Waals surface area contributed by atoms with Crippen LogP contribution in [0, 0.1) is 5.92 Å². The van der Waals surface area contributed by atoms with Gasteiger partial charge >= 0.3 is 0 Å². The van der Waals surface area contributed by atoms with E-state index < -0.39 is 0 Å². The number of rotatable bonds is 11. The maximum absolute atomic E-state index is 11.9. The first-order chi connectivity index (χ1) is 12.8. The Labute approximate surface area is 157 Å². The molecular formula is C19H36N4O3. The Bertz CT molecular complexity index is 419. The summed E-state index contributed by atoms with van der Waals surface area (Å²) in [4.78, 5) is 16.1. The van der Waals surface area contributed by atoms with Gasteiger partial charge in [0, 0.05) is 46.3 Å². The van der Waals surface area contributed by atoms with Crippen molar-refractivity contribution in [2.45, 2.75) is 57.5 Å². The molecule has 2 rings (SSSR count). The van der Waals surface area contributed by atoms with E-state index in [4.69, 9.17) is 9.47 Å². The first-order valence-electron chi connectivity index (χ1n) is 10.2. The Morgan fingerprint density at radius 3 is 2.58 bits per heavy atom. The van der Waals surface area contributed by atoms with Gasteiger partial charge in [-0.25, -0.2) is 0 Å². The molecule has 0 bridgehead atoms. The number of hydrogen-bond donors (Lipinski definition) is 3. The van der Waals surface area contributed by atoms with Crippen LogP contribution in [0.3, 0.4) is 0 Å². The lowest BCUT2D eigenvalue weighted by atomic mass is 10.0. The van der Waals surface area contributed by atoms with Gasteiger partial charge in [0.1, 0.15) is 0 Å². The van der Waals surface area contributed by atoms with E-state index in [0.717, 1.165) is 45.0 Å². The quantitative estimate of drug-likeness (QED) is 0.292. The fourth-order valence-corrected chi connectivity index (χ4v) is 3.52. The van der Waals surface area contributed by atoms with Crippen LogP contribution < -0.4 is 16.0 Å². The molecule has 0 spiro atoms. The third kappa shape index (κ3) is 8.85. The van der Waals surface area contributed by atoms with E-state index in [0.29, 0.717) is 38.1 Å². The van der Waals surface area contributed by atoms with Crippen LogP contribution in [0.2, 0.25) is 0 Å². The van der Waals surface area contributed by atoms with Gasteiger partial charge in [0.2, 0.25) is 5.91 Å². The average molecular weight is 369 g/mol. The van der Waals surface area contributed by atoms with Gasteiger partial charge in [0.05, 0.1) is 12.7 Å². The van der Waals surface area contributed by atoms with E-state index in [1.807, 2.05) is 0 Å². The van der Waals surface area contributed by atoms with Crippen molar-refractivity contribution < 1.29 is 14.3 Å². The van der Waals surface area contributed by atoms with Crippen molar-refractivity contribution in [2.24, 2.45) is 10.9 Å². The molecule has 1 amide bonds. The molecule has 1 saturated carbocycles. The van der Waals surface area contributed by atoms with Gasteiger partial charge < -0.3 is 25.4 Å². The second kappa shape index (κ2) is 12.9. The molecule has 1 unspecified atom stereocenters. The molecule has 3 N–H and O–H groups in total.